The monoisotopic (exact) mass is 510 g/mol. The second-order valence-corrected chi connectivity index (χ2v) is 9.39. The fourth-order valence-corrected chi connectivity index (χ4v) is 4.51. The second-order valence-electron chi connectivity index (χ2n) is 8.96. The molecule has 1 aromatic rings. The average Bonchev–Trinajstić information content (AvgIpc) is 2.61. The molecule has 3 saturated carbocycles. The molecule has 3 aliphatic carbocycles. The van der Waals surface area contributed by atoms with E-state index >= 15 is 0 Å². The van der Waals surface area contributed by atoms with Gasteiger partial charge in [0.1, 0.15) is 5.82 Å². The lowest BCUT2D eigenvalue weighted by Crippen LogP contribution is -2.71. The Morgan fingerprint density at radius 3 is 2.26 bits per heavy atom. The molecule has 0 radical (unpaired) electrons. The summed E-state index contributed by atoms with van der Waals surface area (Å²) in [5, 5.41) is 4.36. The van der Waals surface area contributed by atoms with Crippen LogP contribution in [0.25, 0.3) is 0 Å². The fourth-order valence-electron chi connectivity index (χ4n) is 4.36. The third kappa shape index (κ3) is 4.84. The molecule has 1 aromatic heterocycles. The van der Waals surface area contributed by atoms with Crippen LogP contribution in [0.4, 0.5) is 27.8 Å². The molecule has 1 atom stereocenters. The molecule has 3 aliphatic rings. The largest absolute Gasteiger partial charge is 0.394 e. The van der Waals surface area contributed by atoms with Gasteiger partial charge in [-0.1, -0.05) is 11.6 Å². The standard InChI is InChI=1S/C20H20ClF5N4O4/c1-17(22,23)3-2-11(12(31)13(27)32)29-15(33)10-4-9(21)5-28-14(10)30-16(34)18-6-19(7-18,8-18)20(24,25)26/h4-5,11H,2-3,6-8H2,1H3,(H2,27,32)(H,29,33)(H,28,30,34)/t11-,18?,19?/m0/s1. The SMILES string of the molecule is CC(F)(F)CC[C@H](NC(=O)c1cc(Cl)cnc1NC(=O)C12CC(C(F)(F)F)(C1)C2)C(=O)C(N)=O. The van der Waals surface area contributed by atoms with Gasteiger partial charge in [0.2, 0.25) is 17.6 Å². The van der Waals surface area contributed by atoms with E-state index in [-0.39, 0.29) is 35.7 Å². The van der Waals surface area contributed by atoms with Gasteiger partial charge in [0.15, 0.2) is 0 Å². The highest BCUT2D eigenvalue weighted by atomic mass is 35.5. The molecular weight excluding hydrogens is 491 g/mol. The average molecular weight is 511 g/mol. The molecule has 0 aromatic carbocycles. The normalized spacial score (nSPS) is 24.3. The third-order valence-corrected chi connectivity index (χ3v) is 6.39. The van der Waals surface area contributed by atoms with Crippen LogP contribution in [0.2, 0.25) is 5.02 Å². The first-order valence-electron chi connectivity index (χ1n) is 10.0. The molecule has 0 aliphatic heterocycles. The summed E-state index contributed by atoms with van der Waals surface area (Å²) in [6.07, 6.45) is -5.97. The Hall–Kier alpha value is -2.83. The first kappa shape index (κ1) is 25.8. The number of primary amides is 1. The van der Waals surface area contributed by atoms with Crippen molar-refractivity contribution >= 4 is 40.9 Å². The predicted octanol–water partition coefficient (Wildman–Crippen LogP) is 2.99. The van der Waals surface area contributed by atoms with E-state index in [0.717, 1.165) is 12.3 Å². The Bertz CT molecular complexity index is 1040. The molecule has 3 fully saturated rings. The van der Waals surface area contributed by atoms with E-state index in [0.29, 0.717) is 6.92 Å². The number of nitrogens with zero attached hydrogens (tertiary/aromatic N) is 1. The van der Waals surface area contributed by atoms with Crippen LogP contribution < -0.4 is 16.4 Å². The van der Waals surface area contributed by atoms with Crippen LogP contribution in [0, 0.1) is 10.8 Å². The molecule has 4 rings (SSSR count). The van der Waals surface area contributed by atoms with Gasteiger partial charge in [-0.15, -0.1) is 0 Å². The molecule has 0 saturated heterocycles. The first-order valence-corrected chi connectivity index (χ1v) is 10.4. The maximum atomic E-state index is 13.2. The summed E-state index contributed by atoms with van der Waals surface area (Å²) in [5.41, 5.74) is 1.43. The van der Waals surface area contributed by atoms with Crippen molar-refractivity contribution in [1.29, 1.82) is 0 Å². The number of pyridine rings is 1. The van der Waals surface area contributed by atoms with Crippen LogP contribution in [0.5, 0.6) is 0 Å². The van der Waals surface area contributed by atoms with Crippen molar-refractivity contribution < 1.29 is 41.1 Å². The molecule has 0 unspecified atom stereocenters. The summed E-state index contributed by atoms with van der Waals surface area (Å²) in [4.78, 5) is 52.5. The summed E-state index contributed by atoms with van der Waals surface area (Å²) in [5.74, 6) is -8.18. The number of rotatable bonds is 9. The number of hydrogen-bond donors (Lipinski definition) is 3. The van der Waals surface area contributed by atoms with Crippen molar-refractivity contribution in [1.82, 2.24) is 10.3 Å². The first-order chi connectivity index (χ1) is 15.5. The Balaban J connectivity index is 1.76. The van der Waals surface area contributed by atoms with E-state index in [2.05, 4.69) is 15.6 Å². The molecular formula is C20H20ClF5N4O4. The molecule has 4 N–H and O–H groups in total. The van der Waals surface area contributed by atoms with E-state index in [1.54, 1.807) is 0 Å². The summed E-state index contributed by atoms with van der Waals surface area (Å²) in [7, 11) is 0. The number of alkyl halides is 5. The summed E-state index contributed by atoms with van der Waals surface area (Å²) in [6.45, 7) is 0.586. The van der Waals surface area contributed by atoms with Crippen molar-refractivity contribution in [3.05, 3.63) is 22.8 Å². The van der Waals surface area contributed by atoms with Crippen molar-refractivity contribution in [2.24, 2.45) is 16.6 Å². The number of hydrogen-bond acceptors (Lipinski definition) is 5. The Kier molecular flexibility index (Phi) is 6.40. The smallest absolute Gasteiger partial charge is 0.363 e. The minimum Gasteiger partial charge on any atom is -0.363 e. The molecule has 186 valence electrons. The van der Waals surface area contributed by atoms with Crippen LogP contribution in [0.1, 0.15) is 49.4 Å². The predicted molar refractivity (Wildman–Crippen MR) is 108 cm³/mol. The fraction of sp³-hybridized carbons (Fsp3) is 0.550. The van der Waals surface area contributed by atoms with Gasteiger partial charge < -0.3 is 16.4 Å². The maximum absolute atomic E-state index is 13.2. The van der Waals surface area contributed by atoms with E-state index in [4.69, 9.17) is 17.3 Å². The molecule has 0 spiro atoms. The zero-order chi connectivity index (χ0) is 25.7. The van der Waals surface area contributed by atoms with Crippen molar-refractivity contribution in [3.8, 4) is 0 Å². The quantitative estimate of drug-likeness (QED) is 0.347. The number of carbonyl (C=O) groups is 4. The van der Waals surface area contributed by atoms with Crippen molar-refractivity contribution in [2.45, 2.75) is 57.2 Å². The van der Waals surface area contributed by atoms with Crippen LogP contribution in [-0.2, 0) is 14.4 Å². The number of carbonyl (C=O) groups excluding carboxylic acids is 4. The maximum Gasteiger partial charge on any atom is 0.394 e. The Morgan fingerprint density at radius 1 is 1.18 bits per heavy atom. The summed E-state index contributed by atoms with van der Waals surface area (Å²) >= 11 is 5.85. The van der Waals surface area contributed by atoms with Gasteiger partial charge in [-0.2, -0.15) is 13.2 Å². The van der Waals surface area contributed by atoms with Gasteiger partial charge >= 0.3 is 6.18 Å². The van der Waals surface area contributed by atoms with Gasteiger partial charge in [0.25, 0.3) is 11.8 Å². The Labute approximate surface area is 194 Å². The van der Waals surface area contributed by atoms with Crippen molar-refractivity contribution in [2.75, 3.05) is 5.32 Å². The van der Waals surface area contributed by atoms with Crippen molar-refractivity contribution in [3.63, 3.8) is 0 Å². The van der Waals surface area contributed by atoms with E-state index in [9.17, 15) is 41.1 Å². The van der Waals surface area contributed by atoms with Crippen LogP contribution in [0.15, 0.2) is 12.3 Å². The highest BCUT2D eigenvalue weighted by Crippen LogP contribution is 2.78. The van der Waals surface area contributed by atoms with Crippen LogP contribution in [0.3, 0.4) is 0 Å². The molecule has 8 nitrogen and oxygen atoms in total. The number of anilines is 1. The lowest BCUT2D eigenvalue weighted by atomic mass is 9.34. The zero-order valence-corrected chi connectivity index (χ0v) is 18.4. The second kappa shape index (κ2) is 8.43. The third-order valence-electron chi connectivity index (χ3n) is 6.18. The van der Waals surface area contributed by atoms with Gasteiger partial charge in [-0.05, 0) is 38.7 Å². The van der Waals surface area contributed by atoms with Crippen LogP contribution in [-0.4, -0.2) is 46.6 Å². The number of Topliss-reactive ketones (excluding diaryl/α,β-unsaturated/α-hetero) is 1. The van der Waals surface area contributed by atoms with Gasteiger partial charge in [0.05, 0.1) is 27.5 Å². The minimum atomic E-state index is -4.42. The van der Waals surface area contributed by atoms with Crippen LogP contribution >= 0.6 is 11.6 Å². The molecule has 1 heterocycles. The lowest BCUT2D eigenvalue weighted by molar-refractivity contribution is -0.349. The number of ketones is 1. The molecule has 34 heavy (non-hydrogen) atoms. The lowest BCUT2D eigenvalue weighted by Gasteiger charge is -2.68. The summed E-state index contributed by atoms with van der Waals surface area (Å²) in [6, 6.07) is -0.638. The number of halogens is 6. The van der Waals surface area contributed by atoms with Gasteiger partial charge in [0, 0.05) is 12.6 Å². The van der Waals surface area contributed by atoms with E-state index < -0.39 is 65.3 Å². The summed E-state index contributed by atoms with van der Waals surface area (Å²) < 4.78 is 65.7. The van der Waals surface area contributed by atoms with E-state index in [1.807, 2.05) is 0 Å². The van der Waals surface area contributed by atoms with Gasteiger partial charge in [-0.3, -0.25) is 19.2 Å². The minimum absolute atomic E-state index is 0.0671. The number of nitrogens with one attached hydrogen (secondary N) is 2. The van der Waals surface area contributed by atoms with Gasteiger partial charge in [-0.25, -0.2) is 13.8 Å². The number of aromatic nitrogens is 1. The van der Waals surface area contributed by atoms with E-state index in [1.165, 1.54) is 0 Å². The molecule has 3 amide bonds. The Morgan fingerprint density at radius 2 is 1.76 bits per heavy atom. The molecule has 14 heteroatoms. The topological polar surface area (TPSA) is 131 Å². The highest BCUT2D eigenvalue weighted by Gasteiger charge is 2.80. The number of nitrogens with two attached hydrogens (primary N) is 1. The highest BCUT2D eigenvalue weighted by molar-refractivity contribution is 6.38. The number of amides is 3. The molecule has 2 bridgehead atoms. The zero-order valence-electron chi connectivity index (χ0n) is 17.7.